The molecule has 0 heterocycles. The normalized spacial score (nSPS) is 12.7. The molecule has 58 valence electrons. The van der Waals surface area contributed by atoms with Crippen molar-refractivity contribution >= 4 is 46.3 Å². The van der Waals surface area contributed by atoms with E-state index in [1.807, 2.05) is 0 Å². The van der Waals surface area contributed by atoms with E-state index in [2.05, 4.69) is 12.6 Å². The van der Waals surface area contributed by atoms with Gasteiger partial charge in [-0.15, -0.1) is 0 Å². The molecule has 0 aromatic heterocycles. The third kappa shape index (κ3) is 5.14. The molecule has 0 radical (unpaired) electrons. The van der Waals surface area contributed by atoms with Crippen LogP contribution in [0.25, 0.3) is 0 Å². The molecule has 0 saturated heterocycles. The summed E-state index contributed by atoms with van der Waals surface area (Å²) in [6.07, 6.45) is 0. The zero-order valence-corrected chi connectivity index (χ0v) is 7.80. The molecule has 0 aromatic rings. The monoisotopic (exact) mass is 198 g/mol. The molecule has 0 spiro atoms. The van der Waals surface area contributed by atoms with Crippen LogP contribution in [0, 0.1) is 0 Å². The minimum atomic E-state index is -0.532. The van der Waals surface area contributed by atoms with Crippen molar-refractivity contribution in [3.63, 3.8) is 0 Å². The molecule has 0 bridgehead atoms. The molecule has 0 N–H and O–H groups in total. The highest BCUT2D eigenvalue weighted by atomic mass is 35.5. The lowest BCUT2D eigenvalue weighted by Crippen LogP contribution is -2.11. The van der Waals surface area contributed by atoms with Crippen LogP contribution in [-0.2, 0) is 9.59 Å². The number of thioether (sulfide) groups is 1. The van der Waals surface area contributed by atoms with Gasteiger partial charge in [-0.25, -0.2) is 0 Å². The van der Waals surface area contributed by atoms with E-state index >= 15 is 0 Å². The number of rotatable bonds is 3. The van der Waals surface area contributed by atoms with E-state index in [4.69, 9.17) is 11.6 Å². The fourth-order valence-electron chi connectivity index (χ4n) is 0.262. The summed E-state index contributed by atoms with van der Waals surface area (Å²) in [6, 6.07) is 0. The Hall–Kier alpha value is 0.330. The van der Waals surface area contributed by atoms with Crippen molar-refractivity contribution < 1.29 is 9.59 Å². The van der Waals surface area contributed by atoms with Gasteiger partial charge < -0.3 is 0 Å². The van der Waals surface area contributed by atoms with Gasteiger partial charge in [0.2, 0.25) is 5.24 Å². The van der Waals surface area contributed by atoms with Crippen LogP contribution in [0.1, 0.15) is 6.92 Å². The van der Waals surface area contributed by atoms with Gasteiger partial charge in [-0.1, -0.05) is 11.8 Å². The molecule has 0 aliphatic rings. The van der Waals surface area contributed by atoms with Crippen molar-refractivity contribution in [3.05, 3.63) is 0 Å². The van der Waals surface area contributed by atoms with Gasteiger partial charge >= 0.3 is 0 Å². The van der Waals surface area contributed by atoms with E-state index in [0.29, 0.717) is 5.75 Å². The molecule has 0 aliphatic heterocycles. The molecule has 0 saturated carbocycles. The Morgan fingerprint density at radius 2 is 2.20 bits per heavy atom. The third-order valence-electron chi connectivity index (χ3n) is 0.706. The molecule has 2 nitrogen and oxygen atoms in total. The van der Waals surface area contributed by atoms with Crippen LogP contribution in [0.2, 0.25) is 0 Å². The largest absolute Gasteiger partial charge is 0.288 e. The summed E-state index contributed by atoms with van der Waals surface area (Å²) >= 11 is 9.96. The Labute approximate surface area is 74.1 Å². The number of hydrogen-bond donors (Lipinski definition) is 1. The summed E-state index contributed by atoms with van der Waals surface area (Å²) in [7, 11) is 0. The van der Waals surface area contributed by atoms with Gasteiger partial charge in [-0.05, 0) is 11.6 Å². The number of thiol groups is 1. The van der Waals surface area contributed by atoms with Crippen LogP contribution in [-0.4, -0.2) is 21.4 Å². The van der Waals surface area contributed by atoms with Crippen LogP contribution in [0.5, 0.6) is 0 Å². The second-order valence-corrected chi connectivity index (χ2v) is 3.82. The first-order chi connectivity index (χ1) is 4.54. The number of carbonyl (C=O) groups is 2. The summed E-state index contributed by atoms with van der Waals surface area (Å²) in [5, 5.41) is -1.08. The lowest BCUT2D eigenvalue weighted by Gasteiger charge is -2.00. The molecular weight excluding hydrogens is 192 g/mol. The van der Waals surface area contributed by atoms with Crippen LogP contribution in [0.15, 0.2) is 0 Å². The Balaban J connectivity index is 3.49. The zero-order valence-electron chi connectivity index (χ0n) is 5.33. The number of hydrogen-bond acceptors (Lipinski definition) is 4. The first-order valence-corrected chi connectivity index (χ1v) is 4.43. The molecule has 1 atom stereocenters. The minimum Gasteiger partial charge on any atom is -0.288 e. The Morgan fingerprint density at radius 1 is 1.70 bits per heavy atom. The van der Waals surface area contributed by atoms with Crippen LogP contribution in [0.4, 0.5) is 0 Å². The highest BCUT2D eigenvalue weighted by Gasteiger charge is 2.11. The number of halogens is 1. The SMILES string of the molecule is CC(=O)SCC(S)C(=O)Cl. The molecule has 1 unspecified atom stereocenters. The third-order valence-corrected chi connectivity index (χ3v) is 2.69. The quantitative estimate of drug-likeness (QED) is 0.549. The molecule has 0 aliphatic carbocycles. The van der Waals surface area contributed by atoms with Gasteiger partial charge in [0.05, 0.1) is 5.25 Å². The maximum Gasteiger partial charge on any atom is 0.235 e. The Bertz CT molecular complexity index is 149. The van der Waals surface area contributed by atoms with Crippen molar-refractivity contribution in [1.82, 2.24) is 0 Å². The second-order valence-electron chi connectivity index (χ2n) is 1.62. The summed E-state index contributed by atoms with van der Waals surface area (Å²) in [5.74, 6) is 0.348. The van der Waals surface area contributed by atoms with E-state index in [1.165, 1.54) is 6.92 Å². The maximum absolute atomic E-state index is 10.3. The van der Waals surface area contributed by atoms with Gasteiger partial charge in [-0.3, -0.25) is 9.59 Å². The standard InChI is InChI=1S/C5H7ClO2S2/c1-3(7)10-2-4(9)5(6)8/h4,9H,2H2,1H3. The summed E-state index contributed by atoms with van der Waals surface area (Å²) < 4.78 is 0. The Morgan fingerprint density at radius 3 is 2.50 bits per heavy atom. The average molecular weight is 199 g/mol. The molecule has 0 aromatic carbocycles. The van der Waals surface area contributed by atoms with Crippen molar-refractivity contribution in [2.75, 3.05) is 5.75 Å². The fourth-order valence-corrected chi connectivity index (χ4v) is 1.20. The van der Waals surface area contributed by atoms with Crippen LogP contribution < -0.4 is 0 Å². The maximum atomic E-state index is 10.3. The van der Waals surface area contributed by atoms with E-state index in [0.717, 1.165) is 11.8 Å². The first-order valence-electron chi connectivity index (χ1n) is 2.55. The fraction of sp³-hybridized carbons (Fsp3) is 0.600. The van der Waals surface area contributed by atoms with Crippen molar-refractivity contribution in [2.45, 2.75) is 12.2 Å². The first kappa shape index (κ1) is 10.3. The second kappa shape index (κ2) is 5.04. The van der Waals surface area contributed by atoms with Gasteiger partial charge in [0.25, 0.3) is 0 Å². The van der Waals surface area contributed by atoms with Crippen LogP contribution >= 0.6 is 36.0 Å². The summed E-state index contributed by atoms with van der Waals surface area (Å²) in [5.41, 5.74) is 0. The lowest BCUT2D eigenvalue weighted by molar-refractivity contribution is -0.110. The molecule has 10 heavy (non-hydrogen) atoms. The zero-order chi connectivity index (χ0) is 8.15. The molecule has 0 fully saturated rings. The topological polar surface area (TPSA) is 34.1 Å². The van der Waals surface area contributed by atoms with Gasteiger partial charge in [0, 0.05) is 12.7 Å². The van der Waals surface area contributed by atoms with Crippen molar-refractivity contribution in [1.29, 1.82) is 0 Å². The molecule has 0 amide bonds. The van der Waals surface area contributed by atoms with E-state index in [1.54, 1.807) is 0 Å². The van der Waals surface area contributed by atoms with Crippen LogP contribution in [0.3, 0.4) is 0 Å². The lowest BCUT2D eigenvalue weighted by atomic mass is 10.5. The van der Waals surface area contributed by atoms with Gasteiger partial charge in [0.1, 0.15) is 0 Å². The summed E-state index contributed by atoms with van der Waals surface area (Å²) in [6.45, 7) is 1.43. The summed E-state index contributed by atoms with van der Waals surface area (Å²) in [4.78, 5) is 20.7. The molecule has 0 rings (SSSR count). The van der Waals surface area contributed by atoms with E-state index < -0.39 is 10.5 Å². The van der Waals surface area contributed by atoms with E-state index in [-0.39, 0.29) is 5.12 Å². The predicted molar refractivity (Wildman–Crippen MR) is 46.8 cm³/mol. The van der Waals surface area contributed by atoms with Crippen molar-refractivity contribution in [3.8, 4) is 0 Å². The molecule has 5 heteroatoms. The Kier molecular flexibility index (Phi) is 5.21. The number of carbonyl (C=O) groups excluding carboxylic acids is 2. The average Bonchev–Trinajstić information content (AvgIpc) is 1.82. The van der Waals surface area contributed by atoms with Gasteiger partial charge in [-0.2, -0.15) is 12.6 Å². The highest BCUT2D eigenvalue weighted by Crippen LogP contribution is 2.10. The van der Waals surface area contributed by atoms with Crippen molar-refractivity contribution in [2.24, 2.45) is 0 Å². The minimum absolute atomic E-state index is 0.0306. The smallest absolute Gasteiger partial charge is 0.235 e. The van der Waals surface area contributed by atoms with Gasteiger partial charge in [0.15, 0.2) is 5.12 Å². The van der Waals surface area contributed by atoms with E-state index in [9.17, 15) is 9.59 Å². The highest BCUT2D eigenvalue weighted by molar-refractivity contribution is 8.14. The predicted octanol–water partition coefficient (Wildman–Crippen LogP) is 1.33. The molecular formula is C5H7ClO2S2.